The van der Waals surface area contributed by atoms with Crippen molar-refractivity contribution < 1.29 is 0 Å². The lowest BCUT2D eigenvalue weighted by molar-refractivity contribution is 0.989. The van der Waals surface area contributed by atoms with Crippen LogP contribution in [0.2, 0.25) is 0 Å². The van der Waals surface area contributed by atoms with E-state index in [9.17, 15) is 0 Å². The molecule has 1 unspecified atom stereocenters. The first kappa shape index (κ1) is 11.5. The van der Waals surface area contributed by atoms with Gasteiger partial charge in [0.15, 0.2) is 0 Å². The quantitative estimate of drug-likeness (QED) is 0.675. The number of aryl methyl sites for hydroxylation is 1. The number of rotatable bonds is 3. The molecule has 1 aliphatic carbocycles. The third-order valence-electron chi connectivity index (χ3n) is 2.83. The van der Waals surface area contributed by atoms with Crippen molar-refractivity contribution >= 4 is 11.8 Å². The zero-order valence-electron chi connectivity index (χ0n) is 9.94. The average molecular weight is 230 g/mol. The smallest absolute Gasteiger partial charge is 0.0313 e. The summed E-state index contributed by atoms with van der Waals surface area (Å²) in [5, 5.41) is 0.555. The molecule has 1 atom stereocenters. The van der Waals surface area contributed by atoms with Crippen molar-refractivity contribution in [3.63, 3.8) is 0 Å². The molecule has 0 spiro atoms. The van der Waals surface area contributed by atoms with E-state index in [1.165, 1.54) is 28.9 Å². The second-order valence-electron chi connectivity index (χ2n) is 4.26. The highest BCUT2D eigenvalue weighted by Gasteiger charge is 2.09. The molecule has 0 aromatic heterocycles. The minimum Gasteiger partial charge on any atom is -0.118 e. The molecule has 0 nitrogen and oxygen atoms in total. The Bertz CT molecular complexity index is 398. The van der Waals surface area contributed by atoms with Crippen molar-refractivity contribution in [3.8, 4) is 0 Å². The molecule has 0 aliphatic heterocycles. The van der Waals surface area contributed by atoms with Crippen LogP contribution in [0, 0.1) is 6.92 Å². The van der Waals surface area contributed by atoms with Gasteiger partial charge in [-0.2, -0.15) is 0 Å². The van der Waals surface area contributed by atoms with E-state index < -0.39 is 0 Å². The predicted molar refractivity (Wildman–Crippen MR) is 73.0 cm³/mol. The maximum atomic E-state index is 2.37. The summed E-state index contributed by atoms with van der Waals surface area (Å²) >= 11 is 1.94. The van der Waals surface area contributed by atoms with Crippen LogP contribution in [-0.4, -0.2) is 5.25 Å². The van der Waals surface area contributed by atoms with Crippen LogP contribution >= 0.6 is 11.8 Å². The van der Waals surface area contributed by atoms with Gasteiger partial charge in [0.1, 0.15) is 0 Å². The summed E-state index contributed by atoms with van der Waals surface area (Å²) in [5.74, 6) is 0. The topological polar surface area (TPSA) is 0 Å². The Labute approximate surface area is 102 Å². The standard InChI is InChI=1S/C15H18S/c1-12-8-10-15(11-9-12)16-13(2)14-6-4-3-5-7-14/h4,6-11,13H,3,5H2,1-2H3. The highest BCUT2D eigenvalue weighted by Crippen LogP contribution is 2.30. The third kappa shape index (κ3) is 3.02. The molecule has 0 heterocycles. The van der Waals surface area contributed by atoms with Gasteiger partial charge in [0.2, 0.25) is 0 Å². The SMILES string of the molecule is Cc1ccc(SC(C)C2=CCCC=C2)cc1. The summed E-state index contributed by atoms with van der Waals surface area (Å²) in [6, 6.07) is 8.79. The summed E-state index contributed by atoms with van der Waals surface area (Å²) in [7, 11) is 0. The van der Waals surface area contributed by atoms with Gasteiger partial charge in [-0.15, -0.1) is 11.8 Å². The van der Waals surface area contributed by atoms with Crippen molar-refractivity contribution in [3.05, 3.63) is 53.6 Å². The molecule has 2 rings (SSSR count). The molecule has 1 aromatic rings. The van der Waals surface area contributed by atoms with E-state index in [0.29, 0.717) is 5.25 Å². The van der Waals surface area contributed by atoms with Crippen molar-refractivity contribution in [2.24, 2.45) is 0 Å². The molecule has 0 bridgehead atoms. The van der Waals surface area contributed by atoms with Gasteiger partial charge in [-0.3, -0.25) is 0 Å². The summed E-state index contributed by atoms with van der Waals surface area (Å²) in [6.07, 6.45) is 9.32. The molecule has 84 valence electrons. The monoisotopic (exact) mass is 230 g/mol. The maximum Gasteiger partial charge on any atom is 0.0313 e. The minimum absolute atomic E-state index is 0.555. The summed E-state index contributed by atoms with van der Waals surface area (Å²) in [4.78, 5) is 1.36. The normalized spacial score (nSPS) is 17.0. The summed E-state index contributed by atoms with van der Waals surface area (Å²) in [6.45, 7) is 4.41. The fraction of sp³-hybridized carbons (Fsp3) is 0.333. The first-order valence-electron chi connectivity index (χ1n) is 5.85. The zero-order chi connectivity index (χ0) is 11.4. The minimum atomic E-state index is 0.555. The Morgan fingerprint density at radius 2 is 1.88 bits per heavy atom. The van der Waals surface area contributed by atoms with E-state index in [0.717, 1.165) is 0 Å². The van der Waals surface area contributed by atoms with Crippen molar-refractivity contribution in [2.45, 2.75) is 36.8 Å². The first-order valence-corrected chi connectivity index (χ1v) is 6.73. The lowest BCUT2D eigenvalue weighted by atomic mass is 10.1. The van der Waals surface area contributed by atoms with Crippen LogP contribution in [0.15, 0.2) is 53.0 Å². The highest BCUT2D eigenvalue weighted by atomic mass is 32.2. The van der Waals surface area contributed by atoms with Crippen LogP contribution in [0.5, 0.6) is 0 Å². The first-order chi connectivity index (χ1) is 7.75. The van der Waals surface area contributed by atoms with E-state index in [-0.39, 0.29) is 0 Å². The molecule has 1 heteroatoms. The van der Waals surface area contributed by atoms with E-state index in [2.05, 4.69) is 56.3 Å². The molecule has 0 N–H and O–H groups in total. The maximum absolute atomic E-state index is 2.37. The molecular formula is C15H18S. The van der Waals surface area contributed by atoms with E-state index in [4.69, 9.17) is 0 Å². The number of allylic oxidation sites excluding steroid dienone is 3. The van der Waals surface area contributed by atoms with Crippen LogP contribution in [0.1, 0.15) is 25.3 Å². The fourth-order valence-corrected chi connectivity index (χ4v) is 2.84. The van der Waals surface area contributed by atoms with Gasteiger partial charge in [-0.25, -0.2) is 0 Å². The van der Waals surface area contributed by atoms with Crippen LogP contribution in [0.4, 0.5) is 0 Å². The fourth-order valence-electron chi connectivity index (χ4n) is 1.82. The Balaban J connectivity index is 2.01. The highest BCUT2D eigenvalue weighted by molar-refractivity contribution is 8.00. The van der Waals surface area contributed by atoms with Crippen LogP contribution in [0.3, 0.4) is 0 Å². The van der Waals surface area contributed by atoms with Crippen molar-refractivity contribution in [2.75, 3.05) is 0 Å². The number of hydrogen-bond donors (Lipinski definition) is 0. The predicted octanol–water partition coefficient (Wildman–Crippen LogP) is 4.75. The molecule has 16 heavy (non-hydrogen) atoms. The third-order valence-corrected chi connectivity index (χ3v) is 4.00. The van der Waals surface area contributed by atoms with Crippen molar-refractivity contribution in [1.29, 1.82) is 0 Å². The van der Waals surface area contributed by atoms with Gasteiger partial charge >= 0.3 is 0 Å². The Morgan fingerprint density at radius 3 is 2.50 bits per heavy atom. The molecule has 0 amide bonds. The van der Waals surface area contributed by atoms with Gasteiger partial charge < -0.3 is 0 Å². The molecule has 1 aliphatic rings. The van der Waals surface area contributed by atoms with Gasteiger partial charge in [0.05, 0.1) is 0 Å². The van der Waals surface area contributed by atoms with E-state index >= 15 is 0 Å². The second kappa shape index (κ2) is 5.40. The van der Waals surface area contributed by atoms with Gasteiger partial charge in [0, 0.05) is 10.1 Å². The van der Waals surface area contributed by atoms with Crippen LogP contribution < -0.4 is 0 Å². The average Bonchev–Trinajstić information content (AvgIpc) is 2.33. The van der Waals surface area contributed by atoms with Crippen molar-refractivity contribution in [1.82, 2.24) is 0 Å². The van der Waals surface area contributed by atoms with Crippen LogP contribution in [0.25, 0.3) is 0 Å². The van der Waals surface area contributed by atoms with E-state index in [1.54, 1.807) is 0 Å². The molecule has 0 fully saturated rings. The molecular weight excluding hydrogens is 212 g/mol. The molecule has 1 aromatic carbocycles. The Hall–Kier alpha value is -0.950. The van der Waals surface area contributed by atoms with Gasteiger partial charge in [-0.1, -0.05) is 35.9 Å². The molecule has 0 saturated carbocycles. The number of hydrogen-bond acceptors (Lipinski definition) is 1. The van der Waals surface area contributed by atoms with E-state index in [1.807, 2.05) is 11.8 Å². The molecule has 0 radical (unpaired) electrons. The second-order valence-corrected chi connectivity index (χ2v) is 5.67. The molecule has 0 saturated heterocycles. The van der Waals surface area contributed by atoms with Gasteiger partial charge in [0.25, 0.3) is 0 Å². The van der Waals surface area contributed by atoms with Gasteiger partial charge in [-0.05, 0) is 44.4 Å². The van der Waals surface area contributed by atoms with Crippen LogP contribution in [-0.2, 0) is 0 Å². The summed E-state index contributed by atoms with van der Waals surface area (Å²) < 4.78 is 0. The largest absolute Gasteiger partial charge is 0.118 e. The number of thioether (sulfide) groups is 1. The Kier molecular flexibility index (Phi) is 3.89. The summed E-state index contributed by atoms with van der Waals surface area (Å²) in [5.41, 5.74) is 2.80. The Morgan fingerprint density at radius 1 is 1.12 bits per heavy atom. The lowest BCUT2D eigenvalue weighted by Crippen LogP contribution is -2.00. The number of benzene rings is 1. The zero-order valence-corrected chi connectivity index (χ0v) is 10.8. The lowest BCUT2D eigenvalue weighted by Gasteiger charge is -2.15.